The third-order valence-corrected chi connectivity index (χ3v) is 5.41. The van der Waals surface area contributed by atoms with E-state index in [-0.39, 0.29) is 0 Å². The highest BCUT2D eigenvalue weighted by atomic mass is 32.1. The van der Waals surface area contributed by atoms with Gasteiger partial charge in [0, 0.05) is 6.54 Å². The normalized spacial score (nSPS) is 19.3. The van der Waals surface area contributed by atoms with Gasteiger partial charge in [-0.05, 0) is 62.1 Å². The van der Waals surface area contributed by atoms with Gasteiger partial charge >= 0.3 is 0 Å². The first-order valence-corrected chi connectivity index (χ1v) is 8.24. The first-order chi connectivity index (χ1) is 9.57. The van der Waals surface area contributed by atoms with Gasteiger partial charge in [0.15, 0.2) is 10.6 Å². The molecule has 1 fully saturated rings. The van der Waals surface area contributed by atoms with E-state index in [0.29, 0.717) is 5.41 Å². The van der Waals surface area contributed by atoms with Crippen LogP contribution < -0.4 is 0 Å². The van der Waals surface area contributed by atoms with Crippen LogP contribution in [0.25, 0.3) is 10.7 Å². The quantitative estimate of drug-likeness (QED) is 0.883. The lowest BCUT2D eigenvalue weighted by Crippen LogP contribution is -2.38. The van der Waals surface area contributed by atoms with Crippen molar-refractivity contribution < 1.29 is 0 Å². The maximum absolute atomic E-state index is 5.43. The lowest BCUT2D eigenvalue weighted by molar-refractivity contribution is 0.120. The summed E-state index contributed by atoms with van der Waals surface area (Å²) in [6.45, 7) is 5.64. The number of nitrogens with one attached hydrogen (secondary N) is 1. The molecule has 1 aliphatic rings. The van der Waals surface area contributed by atoms with Gasteiger partial charge in [-0.15, -0.1) is 11.3 Å². The fourth-order valence-electron chi connectivity index (χ4n) is 2.76. The van der Waals surface area contributed by atoms with Gasteiger partial charge in [-0.25, -0.2) is 0 Å². The molecule has 2 aromatic rings. The van der Waals surface area contributed by atoms with Crippen molar-refractivity contribution in [2.24, 2.45) is 5.41 Å². The summed E-state index contributed by atoms with van der Waals surface area (Å²) in [5.41, 5.74) is 0.306. The molecular formula is C14H20N4S2. The van der Waals surface area contributed by atoms with E-state index in [2.05, 4.69) is 51.1 Å². The summed E-state index contributed by atoms with van der Waals surface area (Å²) >= 11 is 7.13. The van der Waals surface area contributed by atoms with Crippen LogP contribution in [0.5, 0.6) is 0 Å². The van der Waals surface area contributed by atoms with Gasteiger partial charge in [-0.3, -0.25) is 9.67 Å². The number of hydrogen-bond acceptors (Lipinski definition) is 4. The lowest BCUT2D eigenvalue weighted by Gasteiger charge is -2.38. The average Bonchev–Trinajstić information content (AvgIpc) is 3.05. The Bertz CT molecular complexity index is 618. The van der Waals surface area contributed by atoms with Crippen LogP contribution in [-0.2, 0) is 6.54 Å². The van der Waals surface area contributed by atoms with Crippen molar-refractivity contribution in [3.63, 3.8) is 0 Å². The van der Waals surface area contributed by atoms with Gasteiger partial charge in [-0.1, -0.05) is 13.0 Å². The molecule has 2 aromatic heterocycles. The summed E-state index contributed by atoms with van der Waals surface area (Å²) in [5.74, 6) is 0.977. The van der Waals surface area contributed by atoms with E-state index >= 15 is 0 Å². The number of rotatable bonds is 3. The maximum atomic E-state index is 5.43. The Labute approximate surface area is 128 Å². The SMILES string of the molecule is CN1CCC(C)(Cn2c(-c3cccs3)n[nH]c2=S)CC1. The molecule has 1 aliphatic heterocycles. The summed E-state index contributed by atoms with van der Waals surface area (Å²) in [5, 5.41) is 9.45. The second kappa shape index (κ2) is 5.42. The van der Waals surface area contributed by atoms with E-state index in [1.807, 2.05) is 0 Å². The molecule has 0 saturated carbocycles. The third kappa shape index (κ3) is 2.73. The molecule has 6 heteroatoms. The second-order valence-corrected chi connectivity index (χ2v) is 7.36. The molecule has 4 nitrogen and oxygen atoms in total. The number of aromatic nitrogens is 3. The molecule has 0 bridgehead atoms. The topological polar surface area (TPSA) is 36.9 Å². The molecule has 0 aliphatic carbocycles. The highest BCUT2D eigenvalue weighted by molar-refractivity contribution is 7.71. The van der Waals surface area contributed by atoms with E-state index in [1.54, 1.807) is 11.3 Å². The van der Waals surface area contributed by atoms with Crippen molar-refractivity contribution in [1.29, 1.82) is 0 Å². The maximum Gasteiger partial charge on any atom is 0.195 e. The number of aromatic amines is 1. The standard InChI is InChI=1S/C14H20N4S2/c1-14(5-7-17(2)8-6-14)10-18-12(15-16-13(18)19)11-4-3-9-20-11/h3-4,9H,5-8,10H2,1-2H3,(H,16,19). The third-order valence-electron chi connectivity index (χ3n) is 4.23. The van der Waals surface area contributed by atoms with Crippen molar-refractivity contribution in [3.05, 3.63) is 22.3 Å². The molecule has 0 aromatic carbocycles. The zero-order valence-corrected chi connectivity index (χ0v) is 13.6. The van der Waals surface area contributed by atoms with E-state index in [9.17, 15) is 0 Å². The molecule has 1 N–H and O–H groups in total. The molecule has 20 heavy (non-hydrogen) atoms. The molecule has 0 spiro atoms. The van der Waals surface area contributed by atoms with Crippen molar-refractivity contribution in [1.82, 2.24) is 19.7 Å². The largest absolute Gasteiger partial charge is 0.306 e. The highest BCUT2D eigenvalue weighted by Crippen LogP contribution is 2.34. The summed E-state index contributed by atoms with van der Waals surface area (Å²) in [6, 6.07) is 4.16. The lowest BCUT2D eigenvalue weighted by atomic mass is 9.80. The van der Waals surface area contributed by atoms with E-state index < -0.39 is 0 Å². The highest BCUT2D eigenvalue weighted by Gasteiger charge is 2.30. The van der Waals surface area contributed by atoms with Gasteiger partial charge in [0.2, 0.25) is 0 Å². The number of thiophene rings is 1. The van der Waals surface area contributed by atoms with E-state index in [4.69, 9.17) is 12.2 Å². The fourth-order valence-corrected chi connectivity index (χ4v) is 3.68. The first-order valence-electron chi connectivity index (χ1n) is 6.95. The molecule has 3 heterocycles. The van der Waals surface area contributed by atoms with Crippen molar-refractivity contribution in [2.75, 3.05) is 20.1 Å². The number of piperidine rings is 1. The minimum Gasteiger partial charge on any atom is -0.306 e. The van der Waals surface area contributed by atoms with Crippen LogP contribution in [0.3, 0.4) is 0 Å². The summed E-state index contributed by atoms with van der Waals surface area (Å²) < 4.78 is 2.90. The summed E-state index contributed by atoms with van der Waals surface area (Å²) in [4.78, 5) is 3.57. The molecular weight excluding hydrogens is 288 g/mol. The molecule has 1 saturated heterocycles. The zero-order chi connectivity index (χ0) is 14.2. The monoisotopic (exact) mass is 308 g/mol. The minimum absolute atomic E-state index is 0.306. The summed E-state index contributed by atoms with van der Waals surface area (Å²) in [7, 11) is 2.19. The Hall–Kier alpha value is -0.980. The average molecular weight is 308 g/mol. The van der Waals surface area contributed by atoms with Crippen LogP contribution in [0, 0.1) is 10.2 Å². The molecule has 0 atom stereocenters. The zero-order valence-electron chi connectivity index (χ0n) is 11.9. The van der Waals surface area contributed by atoms with E-state index in [0.717, 1.165) is 30.2 Å². The van der Waals surface area contributed by atoms with Gasteiger partial charge < -0.3 is 4.90 Å². The summed E-state index contributed by atoms with van der Waals surface area (Å²) in [6.07, 6.45) is 2.42. The van der Waals surface area contributed by atoms with Crippen LogP contribution in [0.15, 0.2) is 17.5 Å². The van der Waals surface area contributed by atoms with Crippen molar-refractivity contribution in [2.45, 2.75) is 26.3 Å². The fraction of sp³-hybridized carbons (Fsp3) is 0.571. The predicted octanol–water partition coefficient (Wildman–Crippen LogP) is 3.40. The smallest absolute Gasteiger partial charge is 0.195 e. The molecule has 108 valence electrons. The van der Waals surface area contributed by atoms with Crippen LogP contribution >= 0.6 is 23.6 Å². The molecule has 3 rings (SSSR count). The Morgan fingerprint density at radius 1 is 1.45 bits per heavy atom. The first kappa shape index (κ1) is 14.0. The predicted molar refractivity (Wildman–Crippen MR) is 85.6 cm³/mol. The number of H-pyrrole nitrogens is 1. The Balaban J connectivity index is 1.88. The Morgan fingerprint density at radius 3 is 2.85 bits per heavy atom. The number of likely N-dealkylation sites (tertiary alicyclic amines) is 1. The van der Waals surface area contributed by atoms with Crippen LogP contribution in [0.2, 0.25) is 0 Å². The molecule has 0 radical (unpaired) electrons. The second-order valence-electron chi connectivity index (χ2n) is 6.03. The Kier molecular flexibility index (Phi) is 3.79. The van der Waals surface area contributed by atoms with Crippen LogP contribution in [0.1, 0.15) is 19.8 Å². The number of nitrogens with zero attached hydrogens (tertiary/aromatic N) is 3. The van der Waals surface area contributed by atoms with Crippen LogP contribution in [-0.4, -0.2) is 39.8 Å². The Morgan fingerprint density at radius 2 is 2.20 bits per heavy atom. The number of hydrogen-bond donors (Lipinski definition) is 1. The minimum atomic E-state index is 0.306. The van der Waals surface area contributed by atoms with Gasteiger partial charge in [-0.2, -0.15) is 5.10 Å². The van der Waals surface area contributed by atoms with Crippen molar-refractivity contribution in [3.8, 4) is 10.7 Å². The van der Waals surface area contributed by atoms with Gasteiger partial charge in [0.1, 0.15) is 0 Å². The van der Waals surface area contributed by atoms with Crippen LogP contribution in [0.4, 0.5) is 0 Å². The van der Waals surface area contributed by atoms with E-state index in [1.165, 1.54) is 17.7 Å². The van der Waals surface area contributed by atoms with Gasteiger partial charge in [0.05, 0.1) is 4.88 Å². The van der Waals surface area contributed by atoms with Gasteiger partial charge in [0.25, 0.3) is 0 Å². The molecule has 0 amide bonds. The molecule has 0 unspecified atom stereocenters. The van der Waals surface area contributed by atoms with Crippen molar-refractivity contribution >= 4 is 23.6 Å².